The van der Waals surface area contributed by atoms with Crippen LogP contribution in [0.5, 0.6) is 0 Å². The molecule has 0 atom stereocenters. The van der Waals surface area contributed by atoms with Gasteiger partial charge in [-0.3, -0.25) is 9.58 Å². The lowest BCUT2D eigenvalue weighted by atomic mass is 9.98. The summed E-state index contributed by atoms with van der Waals surface area (Å²) >= 11 is 6.63. The first-order valence-electron chi connectivity index (χ1n) is 11.3. The van der Waals surface area contributed by atoms with Crippen molar-refractivity contribution in [3.8, 4) is 11.3 Å². The number of fused-ring (bicyclic) bond motifs is 1. The molecule has 0 amide bonds. The number of H-pyrrole nitrogens is 1. The quantitative estimate of drug-likeness (QED) is 0.419. The van der Waals surface area contributed by atoms with Gasteiger partial charge in [-0.05, 0) is 52.8 Å². The Morgan fingerprint density at radius 3 is 2.44 bits per heavy atom. The molecule has 3 aromatic heterocycles. The predicted molar refractivity (Wildman–Crippen MR) is 134 cm³/mol. The maximum absolute atomic E-state index is 13.2. The zero-order valence-corrected chi connectivity index (χ0v) is 21.5. The van der Waals surface area contributed by atoms with Gasteiger partial charge in [-0.15, -0.1) is 0 Å². The van der Waals surface area contributed by atoms with Crippen molar-refractivity contribution < 1.29 is 8.42 Å². The lowest BCUT2D eigenvalue weighted by molar-refractivity contribution is 0.0154. The van der Waals surface area contributed by atoms with Crippen molar-refractivity contribution in [2.24, 2.45) is 0 Å². The fourth-order valence-corrected chi connectivity index (χ4v) is 6.09. The largest absolute Gasteiger partial charge is 0.339 e. The van der Waals surface area contributed by atoms with Crippen LogP contribution in [0.3, 0.4) is 0 Å². The molecule has 5 rings (SSSR count). The molecule has 4 heterocycles. The number of halogens is 1. The molecule has 0 saturated carbocycles. The highest BCUT2D eigenvalue weighted by molar-refractivity contribution is 7.91. The van der Waals surface area contributed by atoms with Crippen LogP contribution >= 0.6 is 11.6 Å². The second kappa shape index (κ2) is 7.93. The van der Waals surface area contributed by atoms with E-state index in [1.807, 2.05) is 30.8 Å². The number of sulfone groups is 1. The third-order valence-electron chi connectivity index (χ3n) is 6.57. The Labute approximate surface area is 204 Å². The molecular formula is C25H28ClN5O2S. The van der Waals surface area contributed by atoms with Crippen molar-refractivity contribution in [2.45, 2.75) is 56.0 Å². The number of hydrogen-bond acceptors (Lipinski definition) is 5. The zero-order chi connectivity index (χ0) is 24.4. The Balaban J connectivity index is 1.49. The van der Waals surface area contributed by atoms with E-state index in [9.17, 15) is 8.42 Å². The van der Waals surface area contributed by atoms with E-state index >= 15 is 0 Å². The highest BCUT2D eigenvalue weighted by Crippen LogP contribution is 2.36. The highest BCUT2D eigenvalue weighted by Gasteiger charge is 2.36. The van der Waals surface area contributed by atoms with Gasteiger partial charge in [-0.1, -0.05) is 29.3 Å². The molecule has 34 heavy (non-hydrogen) atoms. The predicted octanol–water partition coefficient (Wildman–Crippen LogP) is 5.18. The minimum Gasteiger partial charge on any atom is -0.339 e. The van der Waals surface area contributed by atoms with Crippen molar-refractivity contribution >= 4 is 32.5 Å². The van der Waals surface area contributed by atoms with Crippen LogP contribution in [0, 0.1) is 13.8 Å². The van der Waals surface area contributed by atoms with Gasteiger partial charge in [0.25, 0.3) is 0 Å². The summed E-state index contributed by atoms with van der Waals surface area (Å²) in [5.74, 6) is 0. The molecule has 0 radical (unpaired) electrons. The summed E-state index contributed by atoms with van der Waals surface area (Å²) in [5.41, 5.74) is 4.33. The Kier molecular flexibility index (Phi) is 5.39. The summed E-state index contributed by atoms with van der Waals surface area (Å²) in [6.07, 6.45) is 3.37. The molecule has 1 aromatic carbocycles. The van der Waals surface area contributed by atoms with E-state index in [2.05, 4.69) is 35.6 Å². The fourth-order valence-electron chi connectivity index (χ4n) is 4.31. The minimum absolute atomic E-state index is 0.000210. The first kappa shape index (κ1) is 23.1. The molecule has 0 unspecified atom stereocenters. The van der Waals surface area contributed by atoms with Gasteiger partial charge in [0.1, 0.15) is 10.5 Å². The zero-order valence-electron chi connectivity index (χ0n) is 19.9. The second-order valence-corrected chi connectivity index (χ2v) is 12.3. The van der Waals surface area contributed by atoms with E-state index in [4.69, 9.17) is 16.7 Å². The van der Waals surface area contributed by atoms with Crippen LogP contribution in [-0.4, -0.2) is 51.7 Å². The first-order chi connectivity index (χ1) is 15.9. The van der Waals surface area contributed by atoms with Crippen molar-refractivity contribution in [3.63, 3.8) is 0 Å². The number of aryl methyl sites for hydroxylation is 2. The molecule has 0 bridgehead atoms. The monoisotopic (exact) mass is 497 g/mol. The van der Waals surface area contributed by atoms with Crippen molar-refractivity contribution in [3.05, 3.63) is 59.0 Å². The average molecular weight is 498 g/mol. The lowest BCUT2D eigenvalue weighted by Crippen LogP contribution is -2.56. The van der Waals surface area contributed by atoms with Gasteiger partial charge in [0.15, 0.2) is 0 Å². The fraction of sp³-hybridized carbons (Fsp3) is 0.360. The smallest absolute Gasteiger partial charge is 0.209 e. The summed E-state index contributed by atoms with van der Waals surface area (Å²) in [7, 11) is -3.79. The van der Waals surface area contributed by atoms with Gasteiger partial charge < -0.3 is 4.98 Å². The molecule has 1 aliphatic rings. The van der Waals surface area contributed by atoms with Crippen molar-refractivity contribution in [1.82, 2.24) is 24.6 Å². The van der Waals surface area contributed by atoms with E-state index in [-0.39, 0.29) is 20.4 Å². The standard InChI is InChI=1S/C25H28ClN5O2S/c1-15-6-8-18(9-7-15)34(32,33)22-11-27-24-19(23(22)26)10-21(28-24)20-14-31(29-16(20)2)17-12-30(13-17)25(3,4)5/h6-11,14,17H,12-13H2,1-5H3,(H,27,28). The Bertz CT molecular complexity index is 1490. The van der Waals surface area contributed by atoms with Crippen molar-refractivity contribution in [1.29, 1.82) is 0 Å². The van der Waals surface area contributed by atoms with Crippen molar-refractivity contribution in [2.75, 3.05) is 13.1 Å². The molecule has 4 aromatic rings. The van der Waals surface area contributed by atoms with Crippen LogP contribution in [0.25, 0.3) is 22.3 Å². The van der Waals surface area contributed by atoms with Gasteiger partial charge in [0.2, 0.25) is 9.84 Å². The summed E-state index contributed by atoms with van der Waals surface area (Å²) in [4.78, 5) is 10.3. The molecule has 0 spiro atoms. The number of pyridine rings is 1. The molecule has 178 valence electrons. The van der Waals surface area contributed by atoms with Gasteiger partial charge in [0.05, 0.1) is 27.3 Å². The number of benzene rings is 1. The Morgan fingerprint density at radius 2 is 1.79 bits per heavy atom. The number of nitrogens with zero attached hydrogens (tertiary/aromatic N) is 4. The van der Waals surface area contributed by atoms with E-state index < -0.39 is 9.84 Å². The number of rotatable bonds is 4. The average Bonchev–Trinajstić information content (AvgIpc) is 3.30. The third-order valence-corrected chi connectivity index (χ3v) is 8.87. The number of aromatic nitrogens is 4. The molecule has 1 saturated heterocycles. The number of aromatic amines is 1. The molecule has 7 nitrogen and oxygen atoms in total. The molecule has 1 N–H and O–H groups in total. The first-order valence-corrected chi connectivity index (χ1v) is 13.1. The van der Waals surface area contributed by atoms with Crippen LogP contribution < -0.4 is 0 Å². The Morgan fingerprint density at radius 1 is 1.12 bits per heavy atom. The maximum atomic E-state index is 13.2. The van der Waals surface area contributed by atoms with Crippen LogP contribution in [0.4, 0.5) is 0 Å². The molecular weight excluding hydrogens is 470 g/mol. The van der Waals surface area contributed by atoms with E-state index in [0.717, 1.165) is 35.6 Å². The third kappa shape index (κ3) is 3.83. The van der Waals surface area contributed by atoms with Gasteiger partial charge in [0, 0.05) is 42.0 Å². The summed E-state index contributed by atoms with van der Waals surface area (Å²) in [5, 5.41) is 5.48. The molecule has 0 aliphatic carbocycles. The minimum atomic E-state index is -3.79. The Hall–Kier alpha value is -2.68. The normalized spacial score (nSPS) is 15.7. The molecule has 1 aliphatic heterocycles. The van der Waals surface area contributed by atoms with Crippen LogP contribution in [0.2, 0.25) is 5.02 Å². The van der Waals surface area contributed by atoms with Gasteiger partial charge in [-0.2, -0.15) is 5.10 Å². The molecule has 1 fully saturated rings. The number of nitrogens with one attached hydrogen (secondary N) is 1. The van der Waals surface area contributed by atoms with E-state index in [0.29, 0.717) is 17.1 Å². The van der Waals surface area contributed by atoms with E-state index in [1.165, 1.54) is 6.20 Å². The maximum Gasteiger partial charge on any atom is 0.209 e. The van der Waals surface area contributed by atoms with Crippen LogP contribution in [-0.2, 0) is 9.84 Å². The summed E-state index contributed by atoms with van der Waals surface area (Å²) in [6, 6.07) is 8.91. The summed E-state index contributed by atoms with van der Waals surface area (Å²) in [6.45, 7) is 12.5. The lowest BCUT2D eigenvalue weighted by Gasteiger charge is -2.47. The van der Waals surface area contributed by atoms with Gasteiger partial charge in [-0.25, -0.2) is 13.4 Å². The van der Waals surface area contributed by atoms with Crippen LogP contribution in [0.15, 0.2) is 52.5 Å². The highest BCUT2D eigenvalue weighted by atomic mass is 35.5. The number of hydrogen-bond donors (Lipinski definition) is 1. The second-order valence-electron chi connectivity index (χ2n) is 10.0. The van der Waals surface area contributed by atoms with Gasteiger partial charge >= 0.3 is 0 Å². The summed E-state index contributed by atoms with van der Waals surface area (Å²) < 4.78 is 28.4. The topological polar surface area (TPSA) is 83.9 Å². The van der Waals surface area contributed by atoms with E-state index in [1.54, 1.807) is 24.3 Å². The SMILES string of the molecule is Cc1ccc(S(=O)(=O)c2cnc3[nH]c(-c4cn(C5CN(C(C)(C)C)C5)nc4C)cc3c2Cl)cc1. The number of likely N-dealkylation sites (tertiary alicyclic amines) is 1. The van der Waals surface area contributed by atoms with Crippen LogP contribution in [0.1, 0.15) is 38.1 Å². The molecule has 9 heteroatoms.